The van der Waals surface area contributed by atoms with E-state index in [1.54, 1.807) is 0 Å². The molecular weight excluding hydrogens is 280 g/mol. The molecule has 1 aliphatic rings. The molecule has 1 atom stereocenters. The average Bonchev–Trinajstić information content (AvgIpc) is 2.40. The molecule has 1 unspecified atom stereocenters. The van der Waals surface area contributed by atoms with Crippen molar-refractivity contribution in [1.29, 1.82) is 0 Å². The Kier molecular flexibility index (Phi) is 4.11. The molecule has 0 aromatic heterocycles. The zero-order valence-electron chi connectivity index (χ0n) is 15.9. The first-order valence-corrected chi connectivity index (χ1v) is 8.61. The molecule has 0 bridgehead atoms. The molecule has 0 aliphatic heterocycles. The summed E-state index contributed by atoms with van der Waals surface area (Å²) in [6, 6.07) is 10.7. The Bertz CT molecular complexity index is 571. The van der Waals surface area contributed by atoms with Gasteiger partial charge < -0.3 is 11.5 Å². The second-order valence-electron chi connectivity index (χ2n) is 9.63. The van der Waals surface area contributed by atoms with Gasteiger partial charge in [0.15, 0.2) is 0 Å². The van der Waals surface area contributed by atoms with Crippen LogP contribution in [0, 0.1) is 16.2 Å². The van der Waals surface area contributed by atoms with Crippen LogP contribution in [0.4, 0.5) is 0 Å². The van der Waals surface area contributed by atoms with Crippen LogP contribution in [0.1, 0.15) is 60.5 Å². The van der Waals surface area contributed by atoms with Crippen LogP contribution >= 0.6 is 0 Å². The molecule has 0 saturated carbocycles. The maximum atomic E-state index is 6.72. The molecule has 1 aromatic carbocycles. The van der Waals surface area contributed by atoms with E-state index in [1.165, 1.54) is 5.56 Å². The third-order valence-electron chi connectivity index (χ3n) is 6.09. The summed E-state index contributed by atoms with van der Waals surface area (Å²) in [7, 11) is 0. The number of benzene rings is 1. The fourth-order valence-corrected chi connectivity index (χ4v) is 5.20. The van der Waals surface area contributed by atoms with Gasteiger partial charge in [0.25, 0.3) is 0 Å². The van der Waals surface area contributed by atoms with Crippen LogP contribution in [0.5, 0.6) is 0 Å². The molecule has 1 aliphatic carbocycles. The van der Waals surface area contributed by atoms with Crippen molar-refractivity contribution in [2.24, 2.45) is 27.7 Å². The molecule has 2 nitrogen and oxygen atoms in total. The minimum Gasteiger partial charge on any atom is -0.310 e. The Morgan fingerprint density at radius 1 is 0.826 bits per heavy atom. The number of hydrogen-bond acceptors (Lipinski definition) is 2. The van der Waals surface area contributed by atoms with Crippen molar-refractivity contribution in [3.05, 3.63) is 48.0 Å². The van der Waals surface area contributed by atoms with Gasteiger partial charge in [-0.2, -0.15) is 0 Å². The summed E-state index contributed by atoms with van der Waals surface area (Å²) in [4.78, 5) is 0. The summed E-state index contributed by atoms with van der Waals surface area (Å²) in [5.74, 6) is 0. The van der Waals surface area contributed by atoms with Gasteiger partial charge in [0, 0.05) is 10.8 Å². The summed E-state index contributed by atoms with van der Waals surface area (Å²) in [6.45, 7) is 16.0. The molecule has 0 saturated heterocycles. The minimum atomic E-state index is -0.836. The van der Waals surface area contributed by atoms with Crippen LogP contribution in [0.25, 0.3) is 0 Å². The molecule has 0 heterocycles. The minimum absolute atomic E-state index is 0.0322. The van der Waals surface area contributed by atoms with Gasteiger partial charge in [-0.25, -0.2) is 0 Å². The van der Waals surface area contributed by atoms with Crippen molar-refractivity contribution in [3.8, 4) is 0 Å². The van der Waals surface area contributed by atoms with Gasteiger partial charge in [0.05, 0.1) is 5.66 Å². The number of rotatable bonds is 1. The van der Waals surface area contributed by atoms with Crippen molar-refractivity contribution in [3.63, 3.8) is 0 Å². The van der Waals surface area contributed by atoms with E-state index in [0.717, 1.165) is 6.42 Å². The molecule has 0 spiro atoms. The van der Waals surface area contributed by atoms with Gasteiger partial charge in [-0.1, -0.05) is 91.0 Å². The molecule has 0 radical (unpaired) electrons. The zero-order chi connectivity index (χ0) is 17.7. The first-order chi connectivity index (χ1) is 10.3. The largest absolute Gasteiger partial charge is 0.310 e. The van der Waals surface area contributed by atoms with Crippen molar-refractivity contribution in [1.82, 2.24) is 0 Å². The Morgan fingerprint density at radius 2 is 1.30 bits per heavy atom. The van der Waals surface area contributed by atoms with Crippen LogP contribution < -0.4 is 11.5 Å². The second kappa shape index (κ2) is 5.19. The van der Waals surface area contributed by atoms with Gasteiger partial charge >= 0.3 is 0 Å². The van der Waals surface area contributed by atoms with E-state index >= 15 is 0 Å². The van der Waals surface area contributed by atoms with E-state index < -0.39 is 5.66 Å². The maximum absolute atomic E-state index is 6.72. The third-order valence-corrected chi connectivity index (χ3v) is 6.09. The van der Waals surface area contributed by atoms with Crippen molar-refractivity contribution in [2.45, 2.75) is 66.0 Å². The van der Waals surface area contributed by atoms with Gasteiger partial charge in [0.1, 0.15) is 0 Å². The van der Waals surface area contributed by atoms with Crippen LogP contribution in [0.3, 0.4) is 0 Å². The second-order valence-corrected chi connectivity index (χ2v) is 9.63. The zero-order valence-corrected chi connectivity index (χ0v) is 15.9. The molecule has 0 fully saturated rings. The highest BCUT2D eigenvalue weighted by atomic mass is 15.0. The van der Waals surface area contributed by atoms with E-state index in [0.29, 0.717) is 0 Å². The number of allylic oxidation sites excluding steroid dienone is 1. The molecule has 2 rings (SSSR count). The van der Waals surface area contributed by atoms with E-state index in [2.05, 4.69) is 91.0 Å². The maximum Gasteiger partial charge on any atom is 0.0897 e. The van der Waals surface area contributed by atoms with E-state index in [4.69, 9.17) is 11.5 Å². The molecule has 23 heavy (non-hydrogen) atoms. The Hall–Kier alpha value is -1.12. The lowest BCUT2D eigenvalue weighted by molar-refractivity contribution is -0.105. The number of nitrogens with two attached hydrogens (primary N) is 2. The summed E-state index contributed by atoms with van der Waals surface area (Å²) < 4.78 is 0. The first kappa shape index (κ1) is 18.2. The fraction of sp³-hybridized carbons (Fsp3) is 0.619. The van der Waals surface area contributed by atoms with Crippen LogP contribution in [0.15, 0.2) is 42.5 Å². The predicted octanol–water partition coefficient (Wildman–Crippen LogP) is 4.60. The Morgan fingerprint density at radius 3 is 1.74 bits per heavy atom. The summed E-state index contributed by atoms with van der Waals surface area (Å²) in [5, 5.41) is 0. The van der Waals surface area contributed by atoms with Gasteiger partial charge in [0.2, 0.25) is 0 Å². The first-order valence-electron chi connectivity index (χ1n) is 8.61. The van der Waals surface area contributed by atoms with E-state index in [-0.39, 0.29) is 21.7 Å². The van der Waals surface area contributed by atoms with Crippen molar-refractivity contribution in [2.75, 3.05) is 0 Å². The van der Waals surface area contributed by atoms with Crippen molar-refractivity contribution >= 4 is 0 Å². The molecular formula is C21H34N2. The highest BCUT2D eigenvalue weighted by Crippen LogP contribution is 2.63. The monoisotopic (exact) mass is 314 g/mol. The highest BCUT2D eigenvalue weighted by Gasteiger charge is 2.63. The predicted molar refractivity (Wildman–Crippen MR) is 100.0 cm³/mol. The van der Waals surface area contributed by atoms with Gasteiger partial charge in [-0.05, 0) is 22.8 Å². The fourth-order valence-electron chi connectivity index (χ4n) is 5.20. The quantitative estimate of drug-likeness (QED) is 0.588. The van der Waals surface area contributed by atoms with Gasteiger partial charge in [-0.3, -0.25) is 0 Å². The Labute approximate surface area is 142 Å². The van der Waals surface area contributed by atoms with Crippen molar-refractivity contribution < 1.29 is 0 Å². The lowest BCUT2D eigenvalue weighted by Gasteiger charge is -2.64. The Balaban J connectivity index is 2.71. The molecule has 128 valence electrons. The number of hydrogen-bond donors (Lipinski definition) is 2. The lowest BCUT2D eigenvalue weighted by atomic mass is 9.42. The van der Waals surface area contributed by atoms with Crippen LogP contribution in [-0.4, -0.2) is 5.66 Å². The van der Waals surface area contributed by atoms with E-state index in [9.17, 15) is 0 Å². The molecule has 1 aromatic rings. The standard InChI is InChI=1S/C21H34N2/c1-17(2,3)20(18(4,5)6)15-19(7,13-14-21(20,22)23)16-11-9-8-10-12-16/h8-14H,15,22-23H2,1-7H3. The third kappa shape index (κ3) is 2.66. The summed E-state index contributed by atoms with van der Waals surface area (Å²) in [5.41, 5.74) is 13.6. The highest BCUT2D eigenvalue weighted by molar-refractivity contribution is 5.37. The van der Waals surface area contributed by atoms with Crippen LogP contribution in [0.2, 0.25) is 0 Å². The van der Waals surface area contributed by atoms with Gasteiger partial charge in [-0.15, -0.1) is 0 Å². The SMILES string of the molecule is CC1(c2ccccc2)C=CC(N)(N)C(C(C)(C)C)(C(C)(C)C)C1. The lowest BCUT2D eigenvalue weighted by Crippen LogP contribution is -2.73. The topological polar surface area (TPSA) is 52.0 Å². The molecule has 2 heteroatoms. The smallest absolute Gasteiger partial charge is 0.0897 e. The normalized spacial score (nSPS) is 27.0. The van der Waals surface area contributed by atoms with Crippen LogP contribution in [-0.2, 0) is 5.41 Å². The summed E-state index contributed by atoms with van der Waals surface area (Å²) in [6.07, 6.45) is 5.21. The van der Waals surface area contributed by atoms with E-state index in [1.807, 2.05) is 0 Å². The molecule has 4 N–H and O–H groups in total. The summed E-state index contributed by atoms with van der Waals surface area (Å²) >= 11 is 0. The molecule has 0 amide bonds. The average molecular weight is 315 g/mol.